The third-order valence-corrected chi connectivity index (χ3v) is 8.58. The average Bonchev–Trinajstić information content (AvgIpc) is 3.58. The molecule has 1 aliphatic heterocycles. The molecule has 210 valence electrons. The maximum Gasteiger partial charge on any atom is 0.262 e. The fraction of sp³-hybridized carbons (Fsp3) is 0.267. The average molecular weight is 570 g/mol. The van der Waals surface area contributed by atoms with Crippen LogP contribution in [-0.2, 0) is 16.4 Å². The van der Waals surface area contributed by atoms with Crippen molar-refractivity contribution in [2.24, 2.45) is 0 Å². The van der Waals surface area contributed by atoms with Gasteiger partial charge >= 0.3 is 0 Å². The fourth-order valence-electron chi connectivity index (χ4n) is 5.28. The van der Waals surface area contributed by atoms with Gasteiger partial charge in [-0.25, -0.2) is 22.6 Å². The number of hydrogen-bond donors (Lipinski definition) is 1. The summed E-state index contributed by atoms with van der Waals surface area (Å²) in [5.41, 5.74) is 4.84. The van der Waals surface area contributed by atoms with Gasteiger partial charge in [0.25, 0.3) is 5.91 Å². The first-order valence-corrected chi connectivity index (χ1v) is 15.4. The van der Waals surface area contributed by atoms with E-state index in [2.05, 4.69) is 20.3 Å². The number of hydrogen-bond acceptors (Lipinski definition) is 7. The molecule has 3 aromatic heterocycles. The number of aromatic nitrogens is 5. The summed E-state index contributed by atoms with van der Waals surface area (Å²) in [6, 6.07) is 18.9. The van der Waals surface area contributed by atoms with Gasteiger partial charge in [0.2, 0.25) is 0 Å². The zero-order valence-corrected chi connectivity index (χ0v) is 23.8. The Balaban J connectivity index is 1.25. The molecule has 1 unspecified atom stereocenters. The number of fused-ring (bicyclic) bond motifs is 1. The van der Waals surface area contributed by atoms with Crippen molar-refractivity contribution in [1.82, 2.24) is 29.3 Å². The van der Waals surface area contributed by atoms with Crippen molar-refractivity contribution < 1.29 is 13.2 Å². The van der Waals surface area contributed by atoms with E-state index < -0.39 is 9.84 Å². The molecule has 41 heavy (non-hydrogen) atoms. The Kier molecular flexibility index (Phi) is 7.14. The van der Waals surface area contributed by atoms with Crippen molar-refractivity contribution in [3.63, 3.8) is 0 Å². The van der Waals surface area contributed by atoms with Gasteiger partial charge < -0.3 is 5.32 Å². The van der Waals surface area contributed by atoms with Crippen molar-refractivity contribution in [3.8, 4) is 5.69 Å². The molecular formula is C30H31N7O3S. The third-order valence-electron chi connectivity index (χ3n) is 7.45. The van der Waals surface area contributed by atoms with Gasteiger partial charge in [0.15, 0.2) is 15.5 Å². The van der Waals surface area contributed by atoms with Crippen LogP contribution < -0.4 is 5.32 Å². The number of aryl methyl sites for hydroxylation is 1. The second kappa shape index (κ2) is 10.9. The minimum atomic E-state index is -3.22. The number of benzene rings is 2. The van der Waals surface area contributed by atoms with Crippen LogP contribution in [0.1, 0.15) is 45.9 Å². The Labute approximate surface area is 238 Å². The SMILES string of the molecule is Cc1ccc(-n2nc(C3CCCN(Cc4ccc(S(C)(=O)=O)cc4)C3)cc2NC(=O)c2cnn3cccnc23)cc1. The number of rotatable bonds is 7. The number of amides is 1. The van der Waals surface area contributed by atoms with E-state index in [0.717, 1.165) is 55.0 Å². The maximum absolute atomic E-state index is 13.4. The molecular weight excluding hydrogens is 538 g/mol. The van der Waals surface area contributed by atoms with Crippen LogP contribution in [0.4, 0.5) is 5.82 Å². The number of sulfone groups is 1. The molecule has 0 radical (unpaired) electrons. The molecule has 1 aliphatic rings. The number of carbonyl (C=O) groups excluding carboxylic acids is 1. The van der Waals surface area contributed by atoms with E-state index in [-0.39, 0.29) is 11.8 Å². The molecule has 1 fully saturated rings. The summed E-state index contributed by atoms with van der Waals surface area (Å²) in [4.78, 5) is 20.4. The van der Waals surface area contributed by atoms with Crippen LogP contribution in [0.15, 0.2) is 84.1 Å². The van der Waals surface area contributed by atoms with Crippen molar-refractivity contribution >= 4 is 27.2 Å². The van der Waals surface area contributed by atoms with Crippen molar-refractivity contribution in [2.45, 2.75) is 37.1 Å². The Hall–Kier alpha value is -4.35. The highest BCUT2D eigenvalue weighted by atomic mass is 32.2. The Morgan fingerprint density at radius 1 is 1.10 bits per heavy atom. The van der Waals surface area contributed by atoms with Gasteiger partial charge in [-0.1, -0.05) is 29.8 Å². The van der Waals surface area contributed by atoms with Crippen LogP contribution in [0.3, 0.4) is 0 Å². The topological polar surface area (TPSA) is 114 Å². The zero-order valence-electron chi connectivity index (χ0n) is 22.9. The Morgan fingerprint density at radius 3 is 2.63 bits per heavy atom. The predicted octanol–water partition coefficient (Wildman–Crippen LogP) is 4.26. The Morgan fingerprint density at radius 2 is 1.88 bits per heavy atom. The zero-order chi connectivity index (χ0) is 28.6. The summed E-state index contributed by atoms with van der Waals surface area (Å²) in [6.45, 7) is 4.52. The molecule has 6 rings (SSSR count). The van der Waals surface area contributed by atoms with Gasteiger partial charge in [-0.2, -0.15) is 10.2 Å². The quantitative estimate of drug-likeness (QED) is 0.312. The lowest BCUT2D eigenvalue weighted by molar-refractivity contribution is 0.102. The second-order valence-electron chi connectivity index (χ2n) is 10.6. The lowest BCUT2D eigenvalue weighted by Gasteiger charge is -2.32. The van der Waals surface area contributed by atoms with Gasteiger partial charge in [0.05, 0.1) is 22.5 Å². The highest BCUT2D eigenvalue weighted by Crippen LogP contribution is 2.30. The van der Waals surface area contributed by atoms with Crippen LogP contribution in [0, 0.1) is 6.92 Å². The summed E-state index contributed by atoms with van der Waals surface area (Å²) in [7, 11) is -3.22. The number of nitrogens with zero attached hydrogens (tertiary/aromatic N) is 6. The molecule has 10 nitrogen and oxygen atoms in total. The van der Waals surface area contributed by atoms with E-state index in [1.54, 1.807) is 39.8 Å². The monoisotopic (exact) mass is 569 g/mol. The minimum Gasteiger partial charge on any atom is -0.306 e. The molecule has 5 aromatic rings. The predicted molar refractivity (Wildman–Crippen MR) is 156 cm³/mol. The number of piperidine rings is 1. The summed E-state index contributed by atoms with van der Waals surface area (Å²) in [5, 5.41) is 12.3. The number of anilines is 1. The summed E-state index contributed by atoms with van der Waals surface area (Å²) >= 11 is 0. The van der Waals surface area contributed by atoms with E-state index in [1.165, 1.54) is 12.5 Å². The molecule has 0 bridgehead atoms. The van der Waals surface area contributed by atoms with Crippen LogP contribution in [0.5, 0.6) is 0 Å². The molecule has 0 aliphatic carbocycles. The fourth-order valence-corrected chi connectivity index (χ4v) is 5.91. The molecule has 0 spiro atoms. The highest BCUT2D eigenvalue weighted by Gasteiger charge is 2.26. The smallest absolute Gasteiger partial charge is 0.262 e. The first-order chi connectivity index (χ1) is 19.7. The van der Waals surface area contributed by atoms with Crippen molar-refractivity contribution in [3.05, 3.63) is 102 Å². The number of carbonyl (C=O) groups is 1. The standard InChI is InChI=1S/C30H31N7O3S/c1-21-6-10-24(11-7-21)37-28(33-30(38)26-18-32-36-16-4-14-31-29(26)36)17-27(34-37)23-5-3-15-35(20-23)19-22-8-12-25(13-9-22)41(2,39)40/h4,6-14,16-18,23H,3,5,15,19-20H2,1-2H3,(H,33,38). The van der Waals surface area contributed by atoms with E-state index in [4.69, 9.17) is 5.10 Å². The highest BCUT2D eigenvalue weighted by molar-refractivity contribution is 7.90. The Bertz CT molecular complexity index is 1810. The van der Waals surface area contributed by atoms with Gasteiger partial charge in [0.1, 0.15) is 11.4 Å². The van der Waals surface area contributed by atoms with Crippen LogP contribution in [-0.4, -0.2) is 62.9 Å². The van der Waals surface area contributed by atoms with Gasteiger partial charge in [0, 0.05) is 43.7 Å². The number of likely N-dealkylation sites (tertiary alicyclic amines) is 1. The summed E-state index contributed by atoms with van der Waals surface area (Å²) in [5.74, 6) is 0.457. The molecule has 1 atom stereocenters. The van der Waals surface area contributed by atoms with E-state index in [1.807, 2.05) is 49.4 Å². The van der Waals surface area contributed by atoms with E-state index in [9.17, 15) is 13.2 Å². The summed E-state index contributed by atoms with van der Waals surface area (Å²) < 4.78 is 27.0. The number of nitrogens with one attached hydrogen (secondary N) is 1. The molecule has 1 saturated heterocycles. The lowest BCUT2D eigenvalue weighted by Crippen LogP contribution is -2.34. The first-order valence-electron chi connectivity index (χ1n) is 13.5. The third kappa shape index (κ3) is 5.77. The molecule has 1 amide bonds. The van der Waals surface area contributed by atoms with Crippen molar-refractivity contribution in [1.29, 1.82) is 0 Å². The minimum absolute atomic E-state index is 0.181. The van der Waals surface area contributed by atoms with Gasteiger partial charge in [-0.3, -0.25) is 9.69 Å². The summed E-state index contributed by atoms with van der Waals surface area (Å²) in [6.07, 6.45) is 8.13. The van der Waals surface area contributed by atoms with Gasteiger partial charge in [-0.15, -0.1) is 0 Å². The molecule has 2 aromatic carbocycles. The van der Waals surface area contributed by atoms with Crippen LogP contribution in [0.25, 0.3) is 11.3 Å². The van der Waals surface area contributed by atoms with Crippen LogP contribution in [0.2, 0.25) is 0 Å². The van der Waals surface area contributed by atoms with E-state index in [0.29, 0.717) is 21.9 Å². The molecule has 0 saturated carbocycles. The van der Waals surface area contributed by atoms with Crippen LogP contribution >= 0.6 is 0 Å². The lowest BCUT2D eigenvalue weighted by atomic mass is 9.94. The normalized spacial score (nSPS) is 16.2. The molecule has 4 heterocycles. The molecule has 11 heteroatoms. The molecule has 1 N–H and O–H groups in total. The first kappa shape index (κ1) is 26.9. The van der Waals surface area contributed by atoms with Crippen molar-refractivity contribution in [2.75, 3.05) is 24.7 Å². The van der Waals surface area contributed by atoms with E-state index >= 15 is 0 Å². The second-order valence-corrected chi connectivity index (χ2v) is 12.6. The van der Waals surface area contributed by atoms with Gasteiger partial charge in [-0.05, 0) is 62.2 Å². The largest absolute Gasteiger partial charge is 0.306 e. The maximum atomic E-state index is 13.4.